The molecule has 2 nitrogen and oxygen atoms in total. The molecule has 0 rings (SSSR count). The van der Waals surface area contributed by atoms with Gasteiger partial charge in [0.2, 0.25) is 0 Å². The van der Waals surface area contributed by atoms with Crippen LogP contribution in [-0.2, 0) is 4.79 Å². The summed E-state index contributed by atoms with van der Waals surface area (Å²) in [4.78, 5) is 11.2. The first-order chi connectivity index (χ1) is 5.49. The van der Waals surface area contributed by atoms with Crippen molar-refractivity contribution in [2.24, 2.45) is 11.8 Å². The van der Waals surface area contributed by atoms with Crippen molar-refractivity contribution in [2.45, 2.75) is 46.6 Å². The smallest absolute Gasteiger partial charge is 0.163 e. The third-order valence-corrected chi connectivity index (χ3v) is 2.35. The van der Waals surface area contributed by atoms with Crippen molar-refractivity contribution in [2.75, 3.05) is 0 Å². The molecule has 0 fully saturated rings. The molecule has 1 N–H and O–H groups in total. The van der Waals surface area contributed by atoms with Crippen LogP contribution >= 0.6 is 0 Å². The standard InChI is InChI=1S/C10H20O2/c1-5-7(2)6-8(3)10(12)9(4)11/h7-9,11H,5-6H2,1-4H3. The van der Waals surface area contributed by atoms with Crippen molar-refractivity contribution in [1.29, 1.82) is 0 Å². The Morgan fingerprint density at radius 1 is 1.33 bits per heavy atom. The average Bonchev–Trinajstić information content (AvgIpc) is 2.02. The van der Waals surface area contributed by atoms with Gasteiger partial charge in [-0.1, -0.05) is 27.2 Å². The van der Waals surface area contributed by atoms with Gasteiger partial charge < -0.3 is 5.11 Å². The van der Waals surface area contributed by atoms with Crippen molar-refractivity contribution >= 4 is 5.78 Å². The van der Waals surface area contributed by atoms with Gasteiger partial charge in [-0.15, -0.1) is 0 Å². The second-order valence-electron chi connectivity index (χ2n) is 3.73. The molecule has 0 bridgehead atoms. The Labute approximate surface area is 75.0 Å². The highest BCUT2D eigenvalue weighted by Crippen LogP contribution is 2.16. The maximum Gasteiger partial charge on any atom is 0.163 e. The Morgan fingerprint density at radius 3 is 2.17 bits per heavy atom. The van der Waals surface area contributed by atoms with E-state index in [-0.39, 0.29) is 11.7 Å². The van der Waals surface area contributed by atoms with Crippen LogP contribution < -0.4 is 0 Å². The zero-order chi connectivity index (χ0) is 9.72. The minimum Gasteiger partial charge on any atom is -0.386 e. The molecular weight excluding hydrogens is 152 g/mol. The van der Waals surface area contributed by atoms with Gasteiger partial charge in [0.15, 0.2) is 5.78 Å². The maximum absolute atomic E-state index is 11.2. The minimum absolute atomic E-state index is 0.0000463. The number of carbonyl (C=O) groups is 1. The minimum atomic E-state index is -0.802. The summed E-state index contributed by atoms with van der Waals surface area (Å²) in [6.45, 7) is 7.67. The Hall–Kier alpha value is -0.370. The highest BCUT2D eigenvalue weighted by Gasteiger charge is 2.19. The van der Waals surface area contributed by atoms with Crippen LogP contribution in [0, 0.1) is 11.8 Å². The van der Waals surface area contributed by atoms with Gasteiger partial charge >= 0.3 is 0 Å². The Balaban J connectivity index is 3.86. The van der Waals surface area contributed by atoms with E-state index >= 15 is 0 Å². The first kappa shape index (κ1) is 11.6. The van der Waals surface area contributed by atoms with Crippen LogP contribution in [0.3, 0.4) is 0 Å². The Bertz CT molecular complexity index is 141. The number of hydrogen-bond acceptors (Lipinski definition) is 2. The van der Waals surface area contributed by atoms with Crippen molar-refractivity contribution in [1.82, 2.24) is 0 Å². The molecule has 0 spiro atoms. The molecule has 0 radical (unpaired) electrons. The lowest BCUT2D eigenvalue weighted by Gasteiger charge is -2.15. The van der Waals surface area contributed by atoms with Crippen LogP contribution in [0.1, 0.15) is 40.5 Å². The molecule has 3 atom stereocenters. The fourth-order valence-electron chi connectivity index (χ4n) is 1.30. The Morgan fingerprint density at radius 2 is 1.83 bits per heavy atom. The molecule has 2 heteroatoms. The largest absolute Gasteiger partial charge is 0.386 e. The molecule has 0 aromatic carbocycles. The second-order valence-corrected chi connectivity index (χ2v) is 3.73. The lowest BCUT2D eigenvalue weighted by molar-refractivity contribution is -0.130. The van der Waals surface area contributed by atoms with E-state index in [2.05, 4.69) is 13.8 Å². The van der Waals surface area contributed by atoms with Gasteiger partial charge in [0, 0.05) is 5.92 Å². The highest BCUT2D eigenvalue weighted by molar-refractivity contribution is 5.84. The van der Waals surface area contributed by atoms with Crippen molar-refractivity contribution in [3.05, 3.63) is 0 Å². The van der Waals surface area contributed by atoms with Crippen molar-refractivity contribution < 1.29 is 9.90 Å². The van der Waals surface area contributed by atoms with Gasteiger partial charge in [-0.05, 0) is 19.3 Å². The van der Waals surface area contributed by atoms with Crippen LogP contribution in [0.4, 0.5) is 0 Å². The fourth-order valence-corrected chi connectivity index (χ4v) is 1.30. The summed E-state index contributed by atoms with van der Waals surface area (Å²) >= 11 is 0. The summed E-state index contributed by atoms with van der Waals surface area (Å²) < 4.78 is 0. The van der Waals surface area contributed by atoms with Gasteiger partial charge in [0.1, 0.15) is 6.10 Å². The molecule has 0 saturated carbocycles. The first-order valence-corrected chi connectivity index (χ1v) is 4.70. The lowest BCUT2D eigenvalue weighted by Crippen LogP contribution is -2.24. The first-order valence-electron chi connectivity index (χ1n) is 4.70. The van der Waals surface area contributed by atoms with E-state index < -0.39 is 6.10 Å². The topological polar surface area (TPSA) is 37.3 Å². The summed E-state index contributed by atoms with van der Waals surface area (Å²) in [5.41, 5.74) is 0. The monoisotopic (exact) mass is 172 g/mol. The van der Waals surface area contributed by atoms with Gasteiger partial charge in [0.05, 0.1) is 0 Å². The SMILES string of the molecule is CCC(C)CC(C)C(=O)C(C)O. The van der Waals surface area contributed by atoms with E-state index in [1.54, 1.807) is 0 Å². The molecule has 0 saturated heterocycles. The van der Waals surface area contributed by atoms with Crippen LogP contribution in [0.5, 0.6) is 0 Å². The molecule has 0 aliphatic heterocycles. The van der Waals surface area contributed by atoms with Gasteiger partial charge in [-0.25, -0.2) is 0 Å². The Kier molecular flexibility index (Phi) is 5.14. The molecule has 0 aromatic heterocycles. The van der Waals surface area contributed by atoms with Gasteiger partial charge in [-0.2, -0.15) is 0 Å². The molecule has 12 heavy (non-hydrogen) atoms. The van der Waals surface area contributed by atoms with E-state index in [1.807, 2.05) is 6.92 Å². The highest BCUT2D eigenvalue weighted by atomic mass is 16.3. The third kappa shape index (κ3) is 3.86. The molecule has 0 aromatic rings. The molecule has 72 valence electrons. The van der Waals surface area contributed by atoms with Gasteiger partial charge in [0.25, 0.3) is 0 Å². The number of aliphatic hydroxyl groups is 1. The van der Waals surface area contributed by atoms with E-state index in [0.29, 0.717) is 5.92 Å². The summed E-state index contributed by atoms with van der Waals surface area (Å²) in [5, 5.41) is 9.03. The summed E-state index contributed by atoms with van der Waals surface area (Å²) in [5.74, 6) is 0.540. The van der Waals surface area contributed by atoms with Crippen molar-refractivity contribution in [3.8, 4) is 0 Å². The fraction of sp³-hybridized carbons (Fsp3) is 0.900. The molecular formula is C10H20O2. The van der Waals surface area contributed by atoms with E-state index in [9.17, 15) is 4.79 Å². The quantitative estimate of drug-likeness (QED) is 0.688. The van der Waals surface area contributed by atoms with E-state index in [1.165, 1.54) is 6.92 Å². The zero-order valence-electron chi connectivity index (χ0n) is 8.50. The summed E-state index contributed by atoms with van der Waals surface area (Å²) in [7, 11) is 0. The van der Waals surface area contributed by atoms with Crippen LogP contribution in [0.25, 0.3) is 0 Å². The van der Waals surface area contributed by atoms with E-state index in [4.69, 9.17) is 5.11 Å². The number of Topliss-reactive ketones (excluding diaryl/α,β-unsaturated/α-hetero) is 1. The van der Waals surface area contributed by atoms with Crippen LogP contribution in [0.15, 0.2) is 0 Å². The zero-order valence-corrected chi connectivity index (χ0v) is 8.50. The third-order valence-electron chi connectivity index (χ3n) is 2.35. The summed E-state index contributed by atoms with van der Waals surface area (Å²) in [6, 6.07) is 0. The maximum atomic E-state index is 11.2. The number of ketones is 1. The van der Waals surface area contributed by atoms with Crippen LogP contribution in [-0.4, -0.2) is 17.0 Å². The number of carbonyl (C=O) groups excluding carboxylic acids is 1. The molecule has 0 aliphatic carbocycles. The van der Waals surface area contributed by atoms with Gasteiger partial charge in [-0.3, -0.25) is 4.79 Å². The number of hydrogen-bond donors (Lipinski definition) is 1. The van der Waals surface area contributed by atoms with E-state index in [0.717, 1.165) is 12.8 Å². The lowest BCUT2D eigenvalue weighted by atomic mass is 9.91. The average molecular weight is 172 g/mol. The predicted molar refractivity (Wildman–Crippen MR) is 49.9 cm³/mol. The van der Waals surface area contributed by atoms with Crippen molar-refractivity contribution in [3.63, 3.8) is 0 Å². The summed E-state index contributed by atoms with van der Waals surface area (Å²) in [6.07, 6.45) is 1.18. The second kappa shape index (κ2) is 5.31. The molecule has 0 aliphatic rings. The molecule has 3 unspecified atom stereocenters. The normalized spacial score (nSPS) is 18.4. The number of rotatable bonds is 5. The molecule has 0 amide bonds. The predicted octanol–water partition coefficient (Wildman–Crippen LogP) is 2.01. The number of aliphatic hydroxyl groups excluding tert-OH is 1. The van der Waals surface area contributed by atoms with Crippen LogP contribution in [0.2, 0.25) is 0 Å². The molecule has 0 heterocycles.